The number of aromatic nitrogens is 2. The van der Waals surface area contributed by atoms with Gasteiger partial charge in [-0.3, -0.25) is 0 Å². The molecule has 0 radical (unpaired) electrons. The van der Waals surface area contributed by atoms with Gasteiger partial charge in [0.25, 0.3) is 0 Å². The first kappa shape index (κ1) is 14.9. The van der Waals surface area contributed by atoms with Crippen molar-refractivity contribution >= 4 is 29.0 Å². The number of alkyl halides is 3. The van der Waals surface area contributed by atoms with Crippen molar-refractivity contribution in [2.24, 2.45) is 0 Å². The third-order valence-corrected chi connectivity index (χ3v) is 2.78. The quantitative estimate of drug-likeness (QED) is 0.851. The van der Waals surface area contributed by atoms with Gasteiger partial charge in [-0.1, -0.05) is 35.3 Å². The van der Waals surface area contributed by atoms with E-state index in [9.17, 15) is 13.2 Å². The van der Waals surface area contributed by atoms with Crippen LogP contribution in [-0.4, -0.2) is 9.97 Å². The summed E-state index contributed by atoms with van der Waals surface area (Å²) in [5.41, 5.74) is 0.845. The maximum atomic E-state index is 12.5. The third-order valence-electron chi connectivity index (χ3n) is 2.34. The Balaban J connectivity index is 2.13. The number of anilines is 1. The fourth-order valence-electron chi connectivity index (χ4n) is 1.43. The highest BCUT2D eigenvalue weighted by molar-refractivity contribution is 6.30. The van der Waals surface area contributed by atoms with E-state index in [0.717, 1.165) is 5.56 Å². The average Bonchev–Trinajstić information content (AvgIpc) is 2.36. The van der Waals surface area contributed by atoms with Crippen molar-refractivity contribution in [1.29, 1.82) is 0 Å². The second-order valence-corrected chi connectivity index (χ2v) is 4.70. The van der Waals surface area contributed by atoms with Crippen molar-refractivity contribution in [1.82, 2.24) is 9.97 Å². The summed E-state index contributed by atoms with van der Waals surface area (Å²) in [6.45, 7) is 0.293. The summed E-state index contributed by atoms with van der Waals surface area (Å²) in [5.74, 6) is -1.27. The first-order chi connectivity index (χ1) is 9.34. The van der Waals surface area contributed by atoms with E-state index in [4.69, 9.17) is 23.2 Å². The van der Waals surface area contributed by atoms with Gasteiger partial charge in [-0.05, 0) is 17.7 Å². The summed E-state index contributed by atoms with van der Waals surface area (Å²) >= 11 is 11.3. The molecule has 0 aliphatic rings. The van der Waals surface area contributed by atoms with Crippen LogP contribution in [0.15, 0.2) is 30.3 Å². The molecule has 0 bridgehead atoms. The number of nitrogens with one attached hydrogen (secondary N) is 1. The average molecular weight is 322 g/mol. The van der Waals surface area contributed by atoms with E-state index in [1.54, 1.807) is 24.3 Å². The first-order valence-electron chi connectivity index (χ1n) is 5.45. The van der Waals surface area contributed by atoms with E-state index in [0.29, 0.717) is 11.6 Å². The van der Waals surface area contributed by atoms with Crippen LogP contribution in [0.3, 0.4) is 0 Å². The lowest BCUT2D eigenvalue weighted by Crippen LogP contribution is -2.13. The summed E-state index contributed by atoms with van der Waals surface area (Å²) in [5, 5.41) is 3.06. The molecule has 106 valence electrons. The van der Waals surface area contributed by atoms with Gasteiger partial charge in [0.1, 0.15) is 11.0 Å². The number of hydrogen-bond acceptors (Lipinski definition) is 3. The molecule has 0 spiro atoms. The van der Waals surface area contributed by atoms with Crippen LogP contribution in [0, 0.1) is 0 Å². The van der Waals surface area contributed by atoms with Gasteiger partial charge in [0.05, 0.1) is 0 Å². The van der Waals surface area contributed by atoms with E-state index < -0.39 is 12.0 Å². The topological polar surface area (TPSA) is 37.8 Å². The largest absolute Gasteiger partial charge is 0.451 e. The predicted octanol–water partition coefficient (Wildman–Crippen LogP) is 4.41. The van der Waals surface area contributed by atoms with E-state index in [2.05, 4.69) is 15.3 Å². The first-order valence-corrected chi connectivity index (χ1v) is 6.20. The SMILES string of the molecule is FC(F)(F)c1nc(Cl)cc(NCc2ccc(Cl)cc2)n1. The van der Waals surface area contributed by atoms with Crippen LogP contribution in [0.1, 0.15) is 11.4 Å². The van der Waals surface area contributed by atoms with Crippen molar-refractivity contribution in [2.45, 2.75) is 12.7 Å². The molecule has 0 amide bonds. The van der Waals surface area contributed by atoms with Gasteiger partial charge in [-0.2, -0.15) is 13.2 Å². The highest BCUT2D eigenvalue weighted by Gasteiger charge is 2.35. The Hall–Kier alpha value is -1.53. The molecule has 1 aromatic heterocycles. The molecule has 0 atom stereocenters. The van der Waals surface area contributed by atoms with Gasteiger partial charge < -0.3 is 5.32 Å². The van der Waals surface area contributed by atoms with Crippen LogP contribution in [-0.2, 0) is 12.7 Å². The summed E-state index contributed by atoms with van der Waals surface area (Å²) < 4.78 is 37.6. The maximum absolute atomic E-state index is 12.5. The number of nitrogens with zero attached hydrogens (tertiary/aromatic N) is 2. The lowest BCUT2D eigenvalue weighted by Gasteiger charge is -2.09. The molecule has 0 aliphatic heterocycles. The minimum atomic E-state index is -4.64. The smallest absolute Gasteiger partial charge is 0.366 e. The van der Waals surface area contributed by atoms with Gasteiger partial charge in [-0.15, -0.1) is 0 Å². The van der Waals surface area contributed by atoms with E-state index in [-0.39, 0.29) is 11.0 Å². The van der Waals surface area contributed by atoms with E-state index >= 15 is 0 Å². The minimum absolute atomic E-state index is 0.00674. The Labute approximate surface area is 122 Å². The molecule has 0 saturated carbocycles. The summed E-state index contributed by atoms with van der Waals surface area (Å²) in [6, 6.07) is 8.11. The lowest BCUT2D eigenvalue weighted by atomic mass is 10.2. The second kappa shape index (κ2) is 5.85. The molecule has 1 aromatic carbocycles. The zero-order valence-electron chi connectivity index (χ0n) is 9.88. The van der Waals surface area contributed by atoms with Crippen LogP contribution >= 0.6 is 23.2 Å². The zero-order valence-corrected chi connectivity index (χ0v) is 11.4. The van der Waals surface area contributed by atoms with E-state index in [1.807, 2.05) is 0 Å². The predicted molar refractivity (Wildman–Crippen MR) is 70.8 cm³/mol. The fraction of sp³-hybridized carbons (Fsp3) is 0.167. The monoisotopic (exact) mass is 321 g/mol. The molecule has 0 unspecified atom stereocenters. The van der Waals surface area contributed by atoms with Crippen LogP contribution in [0.2, 0.25) is 10.2 Å². The fourth-order valence-corrected chi connectivity index (χ4v) is 1.74. The zero-order chi connectivity index (χ0) is 14.8. The molecule has 1 N–H and O–H groups in total. The Morgan fingerprint density at radius 1 is 1.05 bits per heavy atom. The van der Waals surface area contributed by atoms with Crippen molar-refractivity contribution in [3.8, 4) is 0 Å². The van der Waals surface area contributed by atoms with Gasteiger partial charge in [0.15, 0.2) is 0 Å². The molecule has 3 nitrogen and oxygen atoms in total. The maximum Gasteiger partial charge on any atom is 0.451 e. The minimum Gasteiger partial charge on any atom is -0.366 e. The van der Waals surface area contributed by atoms with Gasteiger partial charge in [-0.25, -0.2) is 9.97 Å². The van der Waals surface area contributed by atoms with Gasteiger partial charge >= 0.3 is 6.18 Å². The summed E-state index contributed by atoms with van der Waals surface area (Å²) in [7, 11) is 0. The number of hydrogen-bond donors (Lipinski definition) is 1. The number of benzene rings is 1. The van der Waals surface area contributed by atoms with Crippen LogP contribution in [0.4, 0.5) is 19.0 Å². The molecule has 8 heteroatoms. The highest BCUT2D eigenvalue weighted by Crippen LogP contribution is 2.28. The highest BCUT2D eigenvalue weighted by atomic mass is 35.5. The normalized spacial score (nSPS) is 11.4. The molecular weight excluding hydrogens is 314 g/mol. The van der Waals surface area contributed by atoms with Gasteiger partial charge in [0, 0.05) is 17.6 Å². The van der Waals surface area contributed by atoms with Crippen molar-refractivity contribution < 1.29 is 13.2 Å². The second-order valence-electron chi connectivity index (χ2n) is 3.88. The van der Waals surface area contributed by atoms with Crippen LogP contribution < -0.4 is 5.32 Å². The van der Waals surface area contributed by atoms with Crippen molar-refractivity contribution in [3.05, 3.63) is 51.9 Å². The molecule has 0 saturated heterocycles. The summed E-state index contributed by atoms with van der Waals surface area (Å²) in [6.07, 6.45) is -4.64. The Kier molecular flexibility index (Phi) is 4.35. The van der Waals surface area contributed by atoms with Gasteiger partial charge in [0.2, 0.25) is 5.82 Å². The number of halogens is 5. The molecule has 0 fully saturated rings. The summed E-state index contributed by atoms with van der Waals surface area (Å²) in [4.78, 5) is 6.52. The standard InChI is InChI=1S/C12H8Cl2F3N3/c13-8-3-1-7(2-4-8)6-18-10-5-9(14)19-11(20-10)12(15,16)17/h1-5H,6H2,(H,18,19,20). The molecule has 2 rings (SSSR count). The van der Waals surface area contributed by atoms with Crippen molar-refractivity contribution in [3.63, 3.8) is 0 Å². The Morgan fingerprint density at radius 3 is 2.30 bits per heavy atom. The Bertz CT molecular complexity index is 600. The molecule has 1 heterocycles. The number of rotatable bonds is 3. The Morgan fingerprint density at radius 2 is 1.70 bits per heavy atom. The molecular formula is C12H8Cl2F3N3. The molecule has 2 aromatic rings. The molecule has 20 heavy (non-hydrogen) atoms. The van der Waals surface area contributed by atoms with E-state index in [1.165, 1.54) is 6.07 Å². The van der Waals surface area contributed by atoms with Crippen molar-refractivity contribution in [2.75, 3.05) is 5.32 Å². The molecule has 0 aliphatic carbocycles. The third kappa shape index (κ3) is 3.98. The van der Waals surface area contributed by atoms with Crippen LogP contribution in [0.5, 0.6) is 0 Å². The van der Waals surface area contributed by atoms with Crippen LogP contribution in [0.25, 0.3) is 0 Å². The lowest BCUT2D eigenvalue weighted by molar-refractivity contribution is -0.144.